The number of nitrogens with one attached hydrogen (secondary N) is 1. The molecule has 1 aliphatic rings. The second-order valence-electron chi connectivity index (χ2n) is 4.51. The molecule has 0 amide bonds. The molecule has 1 saturated heterocycles. The standard InChI is InChI=1S/C10H22N4O/c1-5-12-9(13-11)14-6-8(2)15-10(3,4)7-14/h8H,5-7,11H2,1-4H3,(H,12,13). The van der Waals surface area contributed by atoms with Gasteiger partial charge in [-0.1, -0.05) is 0 Å². The molecule has 1 aliphatic heterocycles. The molecular formula is C10H22N4O. The summed E-state index contributed by atoms with van der Waals surface area (Å²) in [5.41, 5.74) is 2.50. The Morgan fingerprint density at radius 1 is 1.67 bits per heavy atom. The molecule has 0 aliphatic carbocycles. The minimum absolute atomic E-state index is 0.150. The first-order valence-corrected chi connectivity index (χ1v) is 5.42. The van der Waals surface area contributed by atoms with Crippen molar-refractivity contribution < 1.29 is 4.74 Å². The summed E-state index contributed by atoms with van der Waals surface area (Å²) in [6, 6.07) is 0. The van der Waals surface area contributed by atoms with Crippen LogP contribution in [0.4, 0.5) is 0 Å². The molecule has 3 N–H and O–H groups in total. The van der Waals surface area contributed by atoms with Crippen molar-refractivity contribution in [1.82, 2.24) is 10.3 Å². The smallest absolute Gasteiger partial charge is 0.208 e. The van der Waals surface area contributed by atoms with E-state index in [4.69, 9.17) is 10.6 Å². The van der Waals surface area contributed by atoms with E-state index >= 15 is 0 Å². The van der Waals surface area contributed by atoms with Crippen LogP contribution in [0.1, 0.15) is 27.7 Å². The first-order valence-electron chi connectivity index (χ1n) is 5.42. The van der Waals surface area contributed by atoms with Crippen molar-refractivity contribution in [3.63, 3.8) is 0 Å². The van der Waals surface area contributed by atoms with Crippen molar-refractivity contribution >= 4 is 5.96 Å². The van der Waals surface area contributed by atoms with Crippen LogP contribution in [0.25, 0.3) is 0 Å². The molecule has 0 bridgehead atoms. The van der Waals surface area contributed by atoms with E-state index < -0.39 is 0 Å². The van der Waals surface area contributed by atoms with Gasteiger partial charge in [0.1, 0.15) is 0 Å². The lowest BCUT2D eigenvalue weighted by Crippen LogP contribution is -2.57. The van der Waals surface area contributed by atoms with Crippen LogP contribution in [0.5, 0.6) is 0 Å². The number of guanidine groups is 1. The van der Waals surface area contributed by atoms with Crippen LogP contribution in [-0.4, -0.2) is 42.2 Å². The highest BCUT2D eigenvalue weighted by atomic mass is 16.5. The number of rotatable bonds is 1. The van der Waals surface area contributed by atoms with Gasteiger partial charge in [-0.3, -0.25) is 10.4 Å². The van der Waals surface area contributed by atoms with Gasteiger partial charge in [0.05, 0.1) is 11.7 Å². The molecular weight excluding hydrogens is 192 g/mol. The Kier molecular flexibility index (Phi) is 3.93. The zero-order valence-electron chi connectivity index (χ0n) is 10.1. The number of hydrogen-bond donors (Lipinski definition) is 2. The van der Waals surface area contributed by atoms with Gasteiger partial charge in [-0.25, -0.2) is 5.84 Å². The van der Waals surface area contributed by atoms with Crippen molar-refractivity contribution in [2.75, 3.05) is 19.6 Å². The molecule has 88 valence electrons. The van der Waals surface area contributed by atoms with E-state index in [1.807, 2.05) is 6.92 Å². The van der Waals surface area contributed by atoms with Crippen LogP contribution in [0, 0.1) is 0 Å². The number of ether oxygens (including phenoxy) is 1. The Hall–Kier alpha value is -0.810. The molecule has 0 radical (unpaired) electrons. The molecule has 1 unspecified atom stereocenters. The fourth-order valence-corrected chi connectivity index (χ4v) is 2.00. The van der Waals surface area contributed by atoms with Crippen molar-refractivity contribution in [2.45, 2.75) is 39.4 Å². The van der Waals surface area contributed by atoms with Gasteiger partial charge in [-0.15, -0.1) is 0 Å². The molecule has 15 heavy (non-hydrogen) atoms. The molecule has 5 nitrogen and oxygen atoms in total. The minimum atomic E-state index is -0.150. The molecule has 5 heteroatoms. The van der Waals surface area contributed by atoms with E-state index in [9.17, 15) is 0 Å². The molecule has 0 saturated carbocycles. The maximum Gasteiger partial charge on any atom is 0.208 e. The summed E-state index contributed by atoms with van der Waals surface area (Å²) in [7, 11) is 0. The molecule has 1 fully saturated rings. The van der Waals surface area contributed by atoms with Gasteiger partial charge >= 0.3 is 0 Å². The second kappa shape index (κ2) is 4.81. The molecule has 0 aromatic heterocycles. The molecule has 0 aromatic rings. The molecule has 1 atom stereocenters. The maximum absolute atomic E-state index is 5.81. The lowest BCUT2D eigenvalue weighted by atomic mass is 10.1. The van der Waals surface area contributed by atoms with Gasteiger partial charge in [0.15, 0.2) is 0 Å². The third-order valence-corrected chi connectivity index (χ3v) is 2.31. The SMILES string of the molecule is CCN=C(NN)N1CC(C)OC(C)(C)C1. The van der Waals surface area contributed by atoms with Crippen LogP contribution in [0.15, 0.2) is 4.99 Å². The van der Waals surface area contributed by atoms with Crippen molar-refractivity contribution in [3.8, 4) is 0 Å². The van der Waals surface area contributed by atoms with E-state index in [0.29, 0.717) is 0 Å². The van der Waals surface area contributed by atoms with Crippen molar-refractivity contribution in [3.05, 3.63) is 0 Å². The fraction of sp³-hybridized carbons (Fsp3) is 0.900. The lowest BCUT2D eigenvalue weighted by molar-refractivity contribution is -0.113. The predicted molar refractivity (Wildman–Crippen MR) is 61.5 cm³/mol. The quantitative estimate of drug-likeness (QED) is 0.286. The van der Waals surface area contributed by atoms with Crippen LogP contribution in [0.2, 0.25) is 0 Å². The monoisotopic (exact) mass is 214 g/mol. The Bertz CT molecular complexity index is 240. The van der Waals surface area contributed by atoms with Crippen LogP contribution in [-0.2, 0) is 4.74 Å². The van der Waals surface area contributed by atoms with Gasteiger partial charge in [0.2, 0.25) is 5.96 Å². The van der Waals surface area contributed by atoms with E-state index in [1.54, 1.807) is 0 Å². The highest BCUT2D eigenvalue weighted by Gasteiger charge is 2.32. The predicted octanol–water partition coefficient (Wildman–Crippen LogP) is 0.325. The summed E-state index contributed by atoms with van der Waals surface area (Å²) in [5.74, 6) is 6.21. The fourth-order valence-electron chi connectivity index (χ4n) is 2.00. The highest BCUT2D eigenvalue weighted by molar-refractivity contribution is 5.79. The Balaban J connectivity index is 2.72. The Morgan fingerprint density at radius 2 is 2.33 bits per heavy atom. The molecule has 0 aromatic carbocycles. The van der Waals surface area contributed by atoms with Gasteiger partial charge in [-0.2, -0.15) is 0 Å². The Morgan fingerprint density at radius 3 is 2.80 bits per heavy atom. The van der Waals surface area contributed by atoms with Gasteiger partial charge in [-0.05, 0) is 27.7 Å². The summed E-state index contributed by atoms with van der Waals surface area (Å²) in [6.07, 6.45) is 0.198. The average Bonchev–Trinajstić information content (AvgIpc) is 2.10. The number of nitrogens with two attached hydrogens (primary N) is 1. The summed E-state index contributed by atoms with van der Waals surface area (Å²) < 4.78 is 5.81. The van der Waals surface area contributed by atoms with Gasteiger partial charge in [0.25, 0.3) is 0 Å². The number of hydrogen-bond acceptors (Lipinski definition) is 3. The summed E-state index contributed by atoms with van der Waals surface area (Å²) >= 11 is 0. The third kappa shape index (κ3) is 3.35. The topological polar surface area (TPSA) is 62.9 Å². The summed E-state index contributed by atoms with van der Waals surface area (Å²) in [4.78, 5) is 6.45. The van der Waals surface area contributed by atoms with Crippen LogP contribution in [0.3, 0.4) is 0 Å². The van der Waals surface area contributed by atoms with Crippen LogP contribution >= 0.6 is 0 Å². The van der Waals surface area contributed by atoms with Crippen molar-refractivity contribution in [1.29, 1.82) is 0 Å². The average molecular weight is 214 g/mol. The van der Waals surface area contributed by atoms with Gasteiger partial charge in [0, 0.05) is 19.6 Å². The molecule has 1 heterocycles. The zero-order valence-corrected chi connectivity index (χ0v) is 10.1. The van der Waals surface area contributed by atoms with Crippen molar-refractivity contribution in [2.24, 2.45) is 10.8 Å². The highest BCUT2D eigenvalue weighted by Crippen LogP contribution is 2.20. The number of aliphatic imine (C=N–C) groups is 1. The van der Waals surface area contributed by atoms with E-state index in [0.717, 1.165) is 25.6 Å². The number of nitrogens with zero attached hydrogens (tertiary/aromatic N) is 2. The summed E-state index contributed by atoms with van der Waals surface area (Å²) in [5, 5.41) is 0. The first kappa shape index (κ1) is 12.3. The lowest BCUT2D eigenvalue weighted by Gasteiger charge is -2.42. The largest absolute Gasteiger partial charge is 0.369 e. The number of morpholine rings is 1. The van der Waals surface area contributed by atoms with E-state index in [1.165, 1.54) is 0 Å². The van der Waals surface area contributed by atoms with E-state index in [2.05, 4.69) is 36.1 Å². The van der Waals surface area contributed by atoms with Crippen LogP contribution < -0.4 is 11.3 Å². The minimum Gasteiger partial charge on any atom is -0.369 e. The third-order valence-electron chi connectivity index (χ3n) is 2.31. The normalized spacial score (nSPS) is 26.6. The maximum atomic E-state index is 5.81. The Labute approximate surface area is 91.6 Å². The molecule has 0 spiro atoms. The first-order chi connectivity index (χ1) is 6.98. The zero-order chi connectivity index (χ0) is 11.5. The number of hydrazine groups is 1. The molecule has 1 rings (SSSR count). The second-order valence-corrected chi connectivity index (χ2v) is 4.51. The summed E-state index contributed by atoms with van der Waals surface area (Å²) in [6.45, 7) is 10.6. The van der Waals surface area contributed by atoms with Gasteiger partial charge < -0.3 is 9.64 Å². The van der Waals surface area contributed by atoms with E-state index in [-0.39, 0.29) is 11.7 Å².